The van der Waals surface area contributed by atoms with Crippen molar-refractivity contribution in [1.29, 1.82) is 0 Å². The summed E-state index contributed by atoms with van der Waals surface area (Å²) in [6.07, 6.45) is -2.08. The summed E-state index contributed by atoms with van der Waals surface area (Å²) in [5, 5.41) is 2.57. The molecule has 1 aromatic carbocycles. The van der Waals surface area contributed by atoms with Crippen LogP contribution >= 0.6 is 0 Å². The predicted molar refractivity (Wildman–Crippen MR) is 80.0 cm³/mol. The number of nitrogen functional groups attached to an aromatic ring is 1. The predicted octanol–water partition coefficient (Wildman–Crippen LogP) is 2.20. The molecule has 0 fully saturated rings. The van der Waals surface area contributed by atoms with E-state index in [0.29, 0.717) is 0 Å². The second kappa shape index (κ2) is 7.26. The van der Waals surface area contributed by atoms with E-state index in [1.165, 1.54) is 31.6 Å². The molecule has 0 saturated carbocycles. The highest BCUT2D eigenvalue weighted by molar-refractivity contribution is 5.92. The molecule has 3 N–H and O–H groups in total. The molecule has 0 aliphatic carbocycles. The molecule has 6 nitrogen and oxygen atoms in total. The zero-order valence-corrected chi connectivity index (χ0v) is 12.7. The molecule has 2 aromatic rings. The number of anilines is 1. The molecule has 0 aliphatic rings. The van der Waals surface area contributed by atoms with E-state index in [0.717, 1.165) is 12.1 Å². The SMILES string of the molecule is COCC(NC(=O)c1cnc(N)cn1)c1cccc(C(F)(F)F)c1. The molecule has 9 heteroatoms. The number of carbonyl (C=O) groups excluding carboxylic acids is 1. The molecule has 1 atom stereocenters. The number of halogens is 3. The van der Waals surface area contributed by atoms with Crippen LogP contribution in [0.3, 0.4) is 0 Å². The van der Waals surface area contributed by atoms with Crippen LogP contribution in [0, 0.1) is 0 Å². The van der Waals surface area contributed by atoms with Gasteiger partial charge in [0.25, 0.3) is 5.91 Å². The average Bonchev–Trinajstić information content (AvgIpc) is 2.54. The molecule has 1 unspecified atom stereocenters. The van der Waals surface area contributed by atoms with Crippen LogP contribution in [-0.2, 0) is 10.9 Å². The maximum atomic E-state index is 12.8. The molecule has 1 heterocycles. The van der Waals surface area contributed by atoms with E-state index in [-0.39, 0.29) is 23.7 Å². The van der Waals surface area contributed by atoms with Gasteiger partial charge in [-0.15, -0.1) is 0 Å². The number of rotatable bonds is 5. The van der Waals surface area contributed by atoms with Gasteiger partial charge in [0.2, 0.25) is 0 Å². The number of nitrogens with two attached hydrogens (primary N) is 1. The molecule has 0 aliphatic heterocycles. The molecular formula is C15H15F3N4O2. The summed E-state index contributed by atoms with van der Waals surface area (Å²) in [4.78, 5) is 19.7. The van der Waals surface area contributed by atoms with Crippen molar-refractivity contribution in [2.45, 2.75) is 12.2 Å². The zero-order valence-electron chi connectivity index (χ0n) is 12.7. The normalized spacial score (nSPS) is 12.7. The summed E-state index contributed by atoms with van der Waals surface area (Å²) >= 11 is 0. The Morgan fingerprint density at radius 3 is 2.67 bits per heavy atom. The van der Waals surface area contributed by atoms with Crippen LogP contribution < -0.4 is 11.1 Å². The van der Waals surface area contributed by atoms with Gasteiger partial charge in [-0.25, -0.2) is 9.97 Å². The summed E-state index contributed by atoms with van der Waals surface area (Å²) in [5.74, 6) is -0.445. The Morgan fingerprint density at radius 2 is 2.08 bits per heavy atom. The lowest BCUT2D eigenvalue weighted by Gasteiger charge is -2.19. The van der Waals surface area contributed by atoms with Gasteiger partial charge in [0.05, 0.1) is 30.6 Å². The third kappa shape index (κ3) is 4.42. The number of amides is 1. The maximum absolute atomic E-state index is 12.8. The van der Waals surface area contributed by atoms with Crippen molar-refractivity contribution in [3.05, 3.63) is 53.5 Å². The van der Waals surface area contributed by atoms with Crippen LogP contribution in [0.15, 0.2) is 36.7 Å². The average molecular weight is 340 g/mol. The monoisotopic (exact) mass is 340 g/mol. The second-order valence-electron chi connectivity index (χ2n) is 4.93. The first-order chi connectivity index (χ1) is 11.3. The van der Waals surface area contributed by atoms with Gasteiger partial charge in [0.1, 0.15) is 11.5 Å². The Bertz CT molecular complexity index is 705. The van der Waals surface area contributed by atoms with Crippen molar-refractivity contribution in [2.24, 2.45) is 0 Å². The number of hydrogen-bond donors (Lipinski definition) is 2. The van der Waals surface area contributed by atoms with Crippen molar-refractivity contribution in [2.75, 3.05) is 19.5 Å². The van der Waals surface area contributed by atoms with Crippen molar-refractivity contribution in [1.82, 2.24) is 15.3 Å². The topological polar surface area (TPSA) is 90.1 Å². The largest absolute Gasteiger partial charge is 0.416 e. The summed E-state index contributed by atoms with van der Waals surface area (Å²) in [6.45, 7) is -0.00451. The van der Waals surface area contributed by atoms with Gasteiger partial charge in [-0.2, -0.15) is 13.2 Å². The van der Waals surface area contributed by atoms with Crippen LogP contribution in [0.4, 0.5) is 19.0 Å². The van der Waals surface area contributed by atoms with Crippen LogP contribution in [0.5, 0.6) is 0 Å². The minimum atomic E-state index is -4.47. The Labute approximate surface area is 135 Å². The van der Waals surface area contributed by atoms with Gasteiger partial charge >= 0.3 is 6.18 Å². The molecule has 0 spiro atoms. The third-order valence-electron chi connectivity index (χ3n) is 3.16. The zero-order chi connectivity index (χ0) is 17.7. The Balaban J connectivity index is 2.23. The molecule has 1 aromatic heterocycles. The Kier molecular flexibility index (Phi) is 5.35. The minimum Gasteiger partial charge on any atom is -0.382 e. The minimum absolute atomic E-state index is 0.00252. The number of methoxy groups -OCH3 is 1. The van der Waals surface area contributed by atoms with Crippen molar-refractivity contribution >= 4 is 11.7 Å². The number of benzene rings is 1. The second-order valence-corrected chi connectivity index (χ2v) is 4.93. The van der Waals surface area contributed by atoms with Gasteiger partial charge < -0.3 is 15.8 Å². The fourth-order valence-electron chi connectivity index (χ4n) is 2.01. The van der Waals surface area contributed by atoms with E-state index in [9.17, 15) is 18.0 Å². The number of nitrogens with zero attached hydrogens (tertiary/aromatic N) is 2. The first-order valence-electron chi connectivity index (χ1n) is 6.85. The lowest BCUT2D eigenvalue weighted by Crippen LogP contribution is -2.32. The van der Waals surface area contributed by atoms with Gasteiger partial charge in [0.15, 0.2) is 0 Å². The van der Waals surface area contributed by atoms with E-state index in [1.807, 2.05) is 0 Å². The van der Waals surface area contributed by atoms with Gasteiger partial charge in [-0.3, -0.25) is 4.79 Å². The lowest BCUT2D eigenvalue weighted by molar-refractivity contribution is -0.137. The van der Waals surface area contributed by atoms with Crippen LogP contribution in [-0.4, -0.2) is 29.6 Å². The molecule has 24 heavy (non-hydrogen) atoms. The fourth-order valence-corrected chi connectivity index (χ4v) is 2.01. The molecule has 0 saturated heterocycles. The molecule has 0 bridgehead atoms. The van der Waals surface area contributed by atoms with Crippen molar-refractivity contribution in [3.63, 3.8) is 0 Å². The Morgan fingerprint density at radius 1 is 1.33 bits per heavy atom. The standard InChI is InChI=1S/C15H15F3N4O2/c1-24-8-12(9-3-2-4-10(5-9)15(16,17)18)22-14(23)11-6-21-13(19)7-20-11/h2-7,12H,8H2,1H3,(H2,19,21)(H,22,23). The summed E-state index contributed by atoms with van der Waals surface area (Å²) in [6, 6.07) is 3.91. The van der Waals surface area contributed by atoms with E-state index in [4.69, 9.17) is 10.5 Å². The fraction of sp³-hybridized carbons (Fsp3) is 0.267. The third-order valence-corrected chi connectivity index (χ3v) is 3.16. The maximum Gasteiger partial charge on any atom is 0.416 e. The number of ether oxygens (including phenoxy) is 1. The molecule has 1 amide bonds. The van der Waals surface area contributed by atoms with E-state index < -0.39 is 23.7 Å². The van der Waals surface area contributed by atoms with E-state index >= 15 is 0 Å². The number of alkyl halides is 3. The Hall–Kier alpha value is -2.68. The van der Waals surface area contributed by atoms with Crippen LogP contribution in [0.25, 0.3) is 0 Å². The van der Waals surface area contributed by atoms with Gasteiger partial charge in [-0.05, 0) is 17.7 Å². The van der Waals surface area contributed by atoms with Crippen LogP contribution in [0.1, 0.15) is 27.7 Å². The number of hydrogen-bond acceptors (Lipinski definition) is 5. The summed E-state index contributed by atoms with van der Waals surface area (Å²) < 4.78 is 43.5. The highest BCUT2D eigenvalue weighted by atomic mass is 19.4. The van der Waals surface area contributed by atoms with Gasteiger partial charge in [-0.1, -0.05) is 12.1 Å². The highest BCUT2D eigenvalue weighted by Gasteiger charge is 2.31. The molecular weight excluding hydrogens is 325 g/mol. The van der Waals surface area contributed by atoms with Crippen molar-refractivity contribution in [3.8, 4) is 0 Å². The lowest BCUT2D eigenvalue weighted by atomic mass is 10.0. The molecule has 0 radical (unpaired) electrons. The first-order valence-corrected chi connectivity index (χ1v) is 6.85. The first kappa shape index (κ1) is 17.7. The highest BCUT2D eigenvalue weighted by Crippen LogP contribution is 2.30. The van der Waals surface area contributed by atoms with E-state index in [1.54, 1.807) is 0 Å². The van der Waals surface area contributed by atoms with Crippen LogP contribution in [0.2, 0.25) is 0 Å². The smallest absolute Gasteiger partial charge is 0.382 e. The summed E-state index contributed by atoms with van der Waals surface area (Å²) in [5.41, 5.74) is 4.85. The number of nitrogens with one attached hydrogen (secondary N) is 1. The molecule has 2 rings (SSSR count). The molecule has 128 valence electrons. The quantitative estimate of drug-likeness (QED) is 0.871. The number of aromatic nitrogens is 2. The number of carbonyl (C=O) groups is 1. The summed E-state index contributed by atoms with van der Waals surface area (Å²) in [7, 11) is 1.38. The van der Waals surface area contributed by atoms with E-state index in [2.05, 4.69) is 15.3 Å². The van der Waals surface area contributed by atoms with Gasteiger partial charge in [0, 0.05) is 7.11 Å². The van der Waals surface area contributed by atoms with Crippen molar-refractivity contribution < 1.29 is 22.7 Å².